The molecule has 1 saturated carbocycles. The van der Waals surface area contributed by atoms with Gasteiger partial charge in [-0.3, -0.25) is 4.79 Å². The van der Waals surface area contributed by atoms with Crippen LogP contribution < -0.4 is 10.9 Å². The van der Waals surface area contributed by atoms with Gasteiger partial charge in [-0.05, 0) is 31.6 Å². The van der Waals surface area contributed by atoms with Crippen LogP contribution in [0, 0.1) is 5.92 Å². The van der Waals surface area contributed by atoms with Crippen LogP contribution in [0.4, 0.5) is 5.69 Å². The van der Waals surface area contributed by atoms with Crippen molar-refractivity contribution in [2.24, 2.45) is 5.92 Å². The third-order valence-electron chi connectivity index (χ3n) is 3.66. The molecule has 0 spiro atoms. The van der Waals surface area contributed by atoms with Gasteiger partial charge in [0.1, 0.15) is 5.02 Å². The molecule has 1 N–H and O–H groups in total. The van der Waals surface area contributed by atoms with Gasteiger partial charge in [0.05, 0.1) is 18.4 Å². The van der Waals surface area contributed by atoms with Crippen LogP contribution in [0.3, 0.4) is 0 Å². The second kappa shape index (κ2) is 6.24. The van der Waals surface area contributed by atoms with Crippen molar-refractivity contribution in [3.8, 4) is 0 Å². The predicted octanol–water partition coefficient (Wildman–Crippen LogP) is 3.07. The second-order valence-electron chi connectivity index (χ2n) is 5.25. The Bertz CT molecular complexity index is 504. The van der Waals surface area contributed by atoms with E-state index in [1.807, 2.05) is 0 Å². The monoisotopic (exact) mass is 281 g/mol. The molecule has 0 radical (unpaired) electrons. The van der Waals surface area contributed by atoms with Crippen LogP contribution in [0.25, 0.3) is 0 Å². The Morgan fingerprint density at radius 1 is 1.53 bits per heavy atom. The molecule has 0 atom stereocenters. The Morgan fingerprint density at radius 3 is 2.84 bits per heavy atom. The van der Waals surface area contributed by atoms with Gasteiger partial charge in [-0.1, -0.05) is 24.6 Å². The minimum atomic E-state index is -0.268. The topological polar surface area (TPSA) is 46.9 Å². The van der Waals surface area contributed by atoms with Crippen molar-refractivity contribution in [1.82, 2.24) is 9.78 Å². The molecule has 0 aliphatic heterocycles. The second-order valence-corrected chi connectivity index (χ2v) is 5.63. The summed E-state index contributed by atoms with van der Waals surface area (Å²) in [5.74, 6) is 0.798. The maximum atomic E-state index is 12.0. The summed E-state index contributed by atoms with van der Waals surface area (Å²) < 4.78 is 1.31. The average Bonchev–Trinajstić information content (AvgIpc) is 2.41. The largest absolute Gasteiger partial charge is 0.380 e. The van der Waals surface area contributed by atoms with Crippen molar-refractivity contribution >= 4 is 17.3 Å². The number of anilines is 1. The number of rotatable bonds is 4. The number of halogens is 1. The van der Waals surface area contributed by atoms with Crippen molar-refractivity contribution in [1.29, 1.82) is 0 Å². The number of nitrogens with one attached hydrogen (secondary N) is 1. The Labute approximate surface area is 118 Å². The maximum Gasteiger partial charge on any atom is 0.287 e. The van der Waals surface area contributed by atoms with E-state index < -0.39 is 0 Å². The van der Waals surface area contributed by atoms with Gasteiger partial charge in [0.25, 0.3) is 5.56 Å². The first-order chi connectivity index (χ1) is 9.11. The zero-order valence-corrected chi connectivity index (χ0v) is 12.0. The summed E-state index contributed by atoms with van der Waals surface area (Å²) in [6.45, 7) is 6.25. The molecule has 1 aromatic rings. The molecule has 104 valence electrons. The van der Waals surface area contributed by atoms with Gasteiger partial charge in [0.15, 0.2) is 0 Å². The lowest BCUT2D eigenvalue weighted by atomic mass is 9.87. The Kier molecular flexibility index (Phi) is 4.64. The van der Waals surface area contributed by atoms with E-state index >= 15 is 0 Å². The summed E-state index contributed by atoms with van der Waals surface area (Å²) in [4.78, 5) is 12.0. The zero-order chi connectivity index (χ0) is 13.8. The number of allylic oxidation sites excluding steroid dienone is 1. The smallest absolute Gasteiger partial charge is 0.287 e. The lowest BCUT2D eigenvalue weighted by Crippen LogP contribution is -2.28. The Balaban J connectivity index is 2.11. The van der Waals surface area contributed by atoms with Crippen molar-refractivity contribution in [3.63, 3.8) is 0 Å². The summed E-state index contributed by atoms with van der Waals surface area (Å²) in [6.07, 6.45) is 7.93. The highest BCUT2D eigenvalue weighted by molar-refractivity contribution is 6.32. The summed E-state index contributed by atoms with van der Waals surface area (Å²) in [5.41, 5.74) is 0.377. The van der Waals surface area contributed by atoms with Gasteiger partial charge in [0, 0.05) is 6.04 Å². The van der Waals surface area contributed by atoms with Crippen LogP contribution in [0.5, 0.6) is 0 Å². The third kappa shape index (κ3) is 3.38. The molecule has 1 aliphatic rings. The number of aromatic nitrogens is 2. The van der Waals surface area contributed by atoms with E-state index in [0.717, 1.165) is 18.8 Å². The fourth-order valence-electron chi connectivity index (χ4n) is 2.44. The summed E-state index contributed by atoms with van der Waals surface area (Å²) in [6, 6.07) is 0.394. The lowest BCUT2D eigenvalue weighted by molar-refractivity contribution is 0.361. The van der Waals surface area contributed by atoms with E-state index in [2.05, 4.69) is 23.9 Å². The Morgan fingerprint density at radius 2 is 2.21 bits per heavy atom. The van der Waals surface area contributed by atoms with Crippen LogP contribution in [0.2, 0.25) is 5.02 Å². The average molecular weight is 282 g/mol. The summed E-state index contributed by atoms with van der Waals surface area (Å²) >= 11 is 6.11. The zero-order valence-electron chi connectivity index (χ0n) is 11.2. The van der Waals surface area contributed by atoms with Gasteiger partial charge in [0.2, 0.25) is 0 Å². The fourth-order valence-corrected chi connectivity index (χ4v) is 2.64. The molecular weight excluding hydrogens is 262 g/mol. The normalized spacial score (nSPS) is 23.1. The summed E-state index contributed by atoms with van der Waals surface area (Å²) in [7, 11) is 0. The SMILES string of the molecule is C=CCn1ncc(NC2CCC(C)CC2)c(Cl)c1=O. The molecule has 1 aliphatic carbocycles. The molecule has 5 heteroatoms. The molecule has 0 bridgehead atoms. The number of hydrogen-bond acceptors (Lipinski definition) is 3. The fraction of sp³-hybridized carbons (Fsp3) is 0.571. The molecule has 1 heterocycles. The molecule has 0 aromatic carbocycles. The maximum absolute atomic E-state index is 12.0. The molecule has 19 heavy (non-hydrogen) atoms. The van der Waals surface area contributed by atoms with Crippen LogP contribution in [-0.2, 0) is 6.54 Å². The molecule has 1 fully saturated rings. The molecule has 0 saturated heterocycles. The highest BCUT2D eigenvalue weighted by atomic mass is 35.5. The highest BCUT2D eigenvalue weighted by Crippen LogP contribution is 2.27. The molecule has 0 unspecified atom stereocenters. The first-order valence-corrected chi connectivity index (χ1v) is 7.12. The molecule has 0 amide bonds. The first kappa shape index (κ1) is 14.1. The Hall–Kier alpha value is -1.29. The summed E-state index contributed by atoms with van der Waals surface area (Å²) in [5, 5.41) is 7.66. The minimum absolute atomic E-state index is 0.218. The number of hydrogen-bond donors (Lipinski definition) is 1. The van der Waals surface area contributed by atoms with Crippen molar-refractivity contribution < 1.29 is 0 Å². The molecule has 1 aromatic heterocycles. The van der Waals surface area contributed by atoms with Crippen molar-refractivity contribution in [2.75, 3.05) is 5.32 Å². The van der Waals surface area contributed by atoms with Gasteiger partial charge in [-0.15, -0.1) is 6.58 Å². The van der Waals surface area contributed by atoms with E-state index in [1.54, 1.807) is 12.3 Å². The van der Waals surface area contributed by atoms with Crippen LogP contribution in [0.15, 0.2) is 23.6 Å². The third-order valence-corrected chi connectivity index (χ3v) is 4.03. The van der Waals surface area contributed by atoms with E-state index in [1.165, 1.54) is 17.5 Å². The quantitative estimate of drug-likeness (QED) is 0.863. The molecular formula is C14H20ClN3O. The lowest BCUT2D eigenvalue weighted by Gasteiger charge is -2.27. The first-order valence-electron chi connectivity index (χ1n) is 6.75. The van der Waals surface area contributed by atoms with E-state index in [-0.39, 0.29) is 10.6 Å². The predicted molar refractivity (Wildman–Crippen MR) is 78.7 cm³/mol. The van der Waals surface area contributed by atoms with Gasteiger partial charge >= 0.3 is 0 Å². The van der Waals surface area contributed by atoms with Crippen LogP contribution in [-0.4, -0.2) is 15.8 Å². The van der Waals surface area contributed by atoms with Crippen molar-refractivity contribution in [3.05, 3.63) is 34.2 Å². The van der Waals surface area contributed by atoms with Gasteiger partial charge < -0.3 is 5.32 Å². The van der Waals surface area contributed by atoms with Crippen LogP contribution >= 0.6 is 11.6 Å². The standard InChI is InChI=1S/C14H20ClN3O/c1-3-8-18-14(19)13(15)12(9-16-18)17-11-6-4-10(2)5-7-11/h3,9-11,17H,1,4-8H2,2H3. The van der Waals surface area contributed by atoms with E-state index in [4.69, 9.17) is 11.6 Å². The van der Waals surface area contributed by atoms with Crippen molar-refractivity contribution in [2.45, 2.75) is 45.2 Å². The molecule has 4 nitrogen and oxygen atoms in total. The van der Waals surface area contributed by atoms with Crippen LogP contribution in [0.1, 0.15) is 32.6 Å². The van der Waals surface area contributed by atoms with Gasteiger partial charge in [-0.2, -0.15) is 5.10 Å². The highest BCUT2D eigenvalue weighted by Gasteiger charge is 2.19. The van der Waals surface area contributed by atoms with Gasteiger partial charge in [-0.25, -0.2) is 4.68 Å². The van der Waals surface area contributed by atoms with E-state index in [9.17, 15) is 4.79 Å². The number of nitrogens with zero attached hydrogens (tertiary/aromatic N) is 2. The molecule has 2 rings (SSSR count). The minimum Gasteiger partial charge on any atom is -0.380 e. The van der Waals surface area contributed by atoms with E-state index in [0.29, 0.717) is 18.3 Å².